The quantitative estimate of drug-likeness (QED) is 0.758. The monoisotopic (exact) mass is 191 g/mol. The first kappa shape index (κ1) is 9.21. The van der Waals surface area contributed by atoms with Crippen molar-refractivity contribution in [1.82, 2.24) is 4.90 Å². The molecule has 74 valence electrons. The summed E-state index contributed by atoms with van der Waals surface area (Å²) in [5, 5.41) is 9.22. The molecule has 0 saturated heterocycles. The van der Waals surface area contributed by atoms with Crippen LogP contribution in [0.25, 0.3) is 0 Å². The van der Waals surface area contributed by atoms with Crippen LogP contribution in [0.5, 0.6) is 0 Å². The Morgan fingerprint density at radius 2 is 2.21 bits per heavy atom. The third-order valence-corrected chi connectivity index (χ3v) is 2.38. The van der Waals surface area contributed by atoms with Gasteiger partial charge in [0, 0.05) is 18.7 Å². The van der Waals surface area contributed by atoms with Gasteiger partial charge in [0.05, 0.1) is 6.10 Å². The van der Waals surface area contributed by atoms with Gasteiger partial charge in [-0.1, -0.05) is 18.2 Å². The summed E-state index contributed by atoms with van der Waals surface area (Å²) in [6.07, 6.45) is -0.465. The number of aliphatic hydroxyl groups excluding tert-OH is 1. The van der Waals surface area contributed by atoms with E-state index in [0.717, 1.165) is 11.1 Å². The van der Waals surface area contributed by atoms with Crippen LogP contribution in [0.15, 0.2) is 24.3 Å². The molecule has 3 heteroatoms. The molecule has 1 aromatic rings. The number of hydrogen-bond acceptors (Lipinski definition) is 2. The summed E-state index contributed by atoms with van der Waals surface area (Å²) in [5.41, 5.74) is 1.83. The van der Waals surface area contributed by atoms with Gasteiger partial charge < -0.3 is 10.0 Å². The number of nitrogens with zero attached hydrogens (tertiary/aromatic N) is 1. The highest BCUT2D eigenvalue weighted by molar-refractivity contribution is 5.98. The summed E-state index contributed by atoms with van der Waals surface area (Å²) in [6.45, 7) is 2.73. The fourth-order valence-corrected chi connectivity index (χ4v) is 1.78. The first-order chi connectivity index (χ1) is 6.68. The van der Waals surface area contributed by atoms with Gasteiger partial charge >= 0.3 is 0 Å². The van der Waals surface area contributed by atoms with E-state index in [0.29, 0.717) is 13.1 Å². The molecule has 0 unspecified atom stereocenters. The predicted molar refractivity (Wildman–Crippen MR) is 52.9 cm³/mol. The van der Waals surface area contributed by atoms with E-state index in [4.69, 9.17) is 0 Å². The van der Waals surface area contributed by atoms with E-state index < -0.39 is 6.10 Å². The van der Waals surface area contributed by atoms with Gasteiger partial charge in [-0.05, 0) is 18.6 Å². The summed E-state index contributed by atoms with van der Waals surface area (Å²) >= 11 is 0. The average molecular weight is 191 g/mol. The Kier molecular flexibility index (Phi) is 2.25. The SMILES string of the molecule is C[C@@H](O)CN1Cc2ccccc2C1=O. The van der Waals surface area contributed by atoms with Crippen molar-refractivity contribution in [1.29, 1.82) is 0 Å². The lowest BCUT2D eigenvalue weighted by Gasteiger charge is -2.16. The number of β-amino-alcohol motifs (C(OH)–C–C–N with tert-alkyl or cyclic N) is 1. The molecule has 1 aliphatic rings. The first-order valence-corrected chi connectivity index (χ1v) is 4.73. The van der Waals surface area contributed by atoms with Crippen LogP contribution in [0.2, 0.25) is 0 Å². The Balaban J connectivity index is 2.21. The van der Waals surface area contributed by atoms with Gasteiger partial charge in [-0.2, -0.15) is 0 Å². The number of hydrogen-bond donors (Lipinski definition) is 1. The molecule has 1 aliphatic heterocycles. The average Bonchev–Trinajstić information content (AvgIpc) is 2.44. The Labute approximate surface area is 83.0 Å². The summed E-state index contributed by atoms with van der Waals surface area (Å²) in [6, 6.07) is 7.58. The second kappa shape index (κ2) is 3.42. The normalized spacial score (nSPS) is 17.0. The van der Waals surface area contributed by atoms with Gasteiger partial charge in [0.25, 0.3) is 5.91 Å². The van der Waals surface area contributed by atoms with Crippen molar-refractivity contribution in [3.05, 3.63) is 35.4 Å². The molecule has 0 saturated carbocycles. The van der Waals surface area contributed by atoms with Crippen LogP contribution in [0, 0.1) is 0 Å². The van der Waals surface area contributed by atoms with Crippen LogP contribution >= 0.6 is 0 Å². The van der Waals surface area contributed by atoms with Crippen LogP contribution < -0.4 is 0 Å². The summed E-state index contributed by atoms with van der Waals surface area (Å²) in [4.78, 5) is 13.4. The fourth-order valence-electron chi connectivity index (χ4n) is 1.78. The Morgan fingerprint density at radius 1 is 1.50 bits per heavy atom. The van der Waals surface area contributed by atoms with Crippen molar-refractivity contribution in [2.75, 3.05) is 6.54 Å². The van der Waals surface area contributed by atoms with E-state index in [9.17, 15) is 9.90 Å². The molecule has 3 nitrogen and oxygen atoms in total. The molecule has 1 atom stereocenters. The van der Waals surface area contributed by atoms with Crippen molar-refractivity contribution in [3.63, 3.8) is 0 Å². The minimum Gasteiger partial charge on any atom is -0.392 e. The summed E-state index contributed by atoms with van der Waals surface area (Å²) in [5.74, 6) is 0.0292. The zero-order chi connectivity index (χ0) is 10.1. The fraction of sp³-hybridized carbons (Fsp3) is 0.364. The maximum atomic E-state index is 11.7. The van der Waals surface area contributed by atoms with Crippen molar-refractivity contribution in [2.24, 2.45) is 0 Å². The number of amides is 1. The van der Waals surface area contributed by atoms with Gasteiger partial charge in [-0.25, -0.2) is 0 Å². The molecule has 0 aromatic heterocycles. The van der Waals surface area contributed by atoms with Crippen LogP contribution in [0.3, 0.4) is 0 Å². The molecule has 1 aromatic carbocycles. The molecule has 0 radical (unpaired) electrons. The smallest absolute Gasteiger partial charge is 0.254 e. The molecule has 1 heterocycles. The molecule has 1 N–H and O–H groups in total. The van der Waals surface area contributed by atoms with E-state index in [-0.39, 0.29) is 5.91 Å². The van der Waals surface area contributed by atoms with Crippen LogP contribution in [-0.4, -0.2) is 28.6 Å². The molecule has 0 spiro atoms. The maximum Gasteiger partial charge on any atom is 0.254 e. The minimum atomic E-state index is -0.465. The topological polar surface area (TPSA) is 40.5 Å². The van der Waals surface area contributed by atoms with E-state index in [1.807, 2.05) is 24.3 Å². The number of rotatable bonds is 2. The highest BCUT2D eigenvalue weighted by Crippen LogP contribution is 2.21. The van der Waals surface area contributed by atoms with Crippen LogP contribution in [0.1, 0.15) is 22.8 Å². The second-order valence-corrected chi connectivity index (χ2v) is 3.69. The minimum absolute atomic E-state index is 0.0292. The lowest BCUT2D eigenvalue weighted by molar-refractivity contribution is 0.0672. The first-order valence-electron chi connectivity index (χ1n) is 4.73. The van der Waals surface area contributed by atoms with Crippen LogP contribution in [0.4, 0.5) is 0 Å². The van der Waals surface area contributed by atoms with Crippen molar-refractivity contribution < 1.29 is 9.90 Å². The summed E-state index contributed by atoms with van der Waals surface area (Å²) < 4.78 is 0. The van der Waals surface area contributed by atoms with Gasteiger partial charge in [0.15, 0.2) is 0 Å². The Hall–Kier alpha value is -1.35. The zero-order valence-corrected chi connectivity index (χ0v) is 8.10. The van der Waals surface area contributed by atoms with Crippen molar-refractivity contribution in [2.45, 2.75) is 19.6 Å². The van der Waals surface area contributed by atoms with Crippen molar-refractivity contribution >= 4 is 5.91 Å². The molecular weight excluding hydrogens is 178 g/mol. The largest absolute Gasteiger partial charge is 0.392 e. The van der Waals surface area contributed by atoms with E-state index in [1.165, 1.54) is 0 Å². The standard InChI is InChI=1S/C11H13NO2/c1-8(13)6-12-7-9-4-2-3-5-10(9)11(12)14/h2-5,8,13H,6-7H2,1H3/t8-/m1/s1. The lowest BCUT2D eigenvalue weighted by Crippen LogP contribution is -2.31. The lowest BCUT2D eigenvalue weighted by atomic mass is 10.1. The molecule has 0 aliphatic carbocycles. The maximum absolute atomic E-state index is 11.7. The zero-order valence-electron chi connectivity index (χ0n) is 8.10. The van der Waals surface area contributed by atoms with E-state index >= 15 is 0 Å². The molecule has 1 amide bonds. The molecule has 14 heavy (non-hydrogen) atoms. The van der Waals surface area contributed by atoms with E-state index in [1.54, 1.807) is 11.8 Å². The Bertz CT molecular complexity index is 360. The highest BCUT2D eigenvalue weighted by Gasteiger charge is 2.26. The molecule has 0 bridgehead atoms. The molecular formula is C11H13NO2. The van der Waals surface area contributed by atoms with Gasteiger partial charge in [-0.15, -0.1) is 0 Å². The number of fused-ring (bicyclic) bond motifs is 1. The number of benzene rings is 1. The highest BCUT2D eigenvalue weighted by atomic mass is 16.3. The molecule has 2 rings (SSSR count). The molecule has 0 fully saturated rings. The van der Waals surface area contributed by atoms with Gasteiger partial charge in [0.2, 0.25) is 0 Å². The second-order valence-electron chi connectivity index (χ2n) is 3.69. The third kappa shape index (κ3) is 1.51. The predicted octanol–water partition coefficient (Wildman–Crippen LogP) is 1.02. The number of carbonyl (C=O) groups is 1. The number of aliphatic hydroxyl groups is 1. The third-order valence-electron chi connectivity index (χ3n) is 2.38. The van der Waals surface area contributed by atoms with Crippen LogP contribution in [-0.2, 0) is 6.54 Å². The van der Waals surface area contributed by atoms with Crippen molar-refractivity contribution in [3.8, 4) is 0 Å². The van der Waals surface area contributed by atoms with E-state index in [2.05, 4.69) is 0 Å². The number of carbonyl (C=O) groups excluding carboxylic acids is 1. The van der Waals surface area contributed by atoms with Gasteiger partial charge in [-0.3, -0.25) is 4.79 Å². The Morgan fingerprint density at radius 3 is 2.86 bits per heavy atom. The van der Waals surface area contributed by atoms with Gasteiger partial charge in [0.1, 0.15) is 0 Å². The summed E-state index contributed by atoms with van der Waals surface area (Å²) in [7, 11) is 0.